The number of aliphatic hydroxyl groups excluding tert-OH is 1. The van der Waals surface area contributed by atoms with Gasteiger partial charge in [0.1, 0.15) is 0 Å². The average Bonchev–Trinajstić information content (AvgIpc) is 2.46. The van der Waals surface area contributed by atoms with E-state index >= 15 is 0 Å². The van der Waals surface area contributed by atoms with E-state index in [-0.39, 0.29) is 12.0 Å². The van der Waals surface area contributed by atoms with Crippen molar-refractivity contribution in [2.75, 3.05) is 41.0 Å². The predicted octanol–water partition coefficient (Wildman–Crippen LogP) is 1.66. The van der Waals surface area contributed by atoms with Crippen LogP contribution < -0.4 is 9.47 Å². The molecule has 4 heteroatoms. The van der Waals surface area contributed by atoms with Crippen LogP contribution in [0.4, 0.5) is 0 Å². The molecule has 1 aromatic carbocycles. The van der Waals surface area contributed by atoms with Gasteiger partial charge in [-0.05, 0) is 44.1 Å². The molecule has 0 bridgehead atoms. The highest BCUT2D eigenvalue weighted by Crippen LogP contribution is 2.37. The number of aliphatic hydroxyl groups is 1. The smallest absolute Gasteiger partial charge is 0.161 e. The molecule has 1 aliphatic rings. The second kappa shape index (κ2) is 5.80. The maximum atomic E-state index is 9.90. The highest BCUT2D eigenvalue weighted by Gasteiger charge is 2.36. The fraction of sp³-hybridized carbons (Fsp3) is 0.600. The molecule has 4 nitrogen and oxygen atoms in total. The Morgan fingerprint density at radius 1 is 1.26 bits per heavy atom. The molecular weight excluding hydrogens is 242 g/mol. The monoisotopic (exact) mass is 265 g/mol. The van der Waals surface area contributed by atoms with Gasteiger partial charge in [-0.15, -0.1) is 0 Å². The first-order valence-electron chi connectivity index (χ1n) is 6.67. The summed E-state index contributed by atoms with van der Waals surface area (Å²) in [5.74, 6) is 1.45. The first-order chi connectivity index (χ1) is 9.15. The first-order valence-corrected chi connectivity index (χ1v) is 6.67. The zero-order valence-electron chi connectivity index (χ0n) is 12.0. The highest BCUT2D eigenvalue weighted by molar-refractivity contribution is 5.45. The van der Waals surface area contributed by atoms with Crippen molar-refractivity contribution in [1.82, 2.24) is 4.90 Å². The van der Waals surface area contributed by atoms with Crippen molar-refractivity contribution in [2.45, 2.75) is 18.3 Å². The van der Waals surface area contributed by atoms with E-state index in [1.807, 2.05) is 18.2 Å². The quantitative estimate of drug-likeness (QED) is 0.899. The topological polar surface area (TPSA) is 41.9 Å². The lowest BCUT2D eigenvalue weighted by atomic mass is 9.75. The summed E-state index contributed by atoms with van der Waals surface area (Å²) in [4.78, 5) is 2.27. The number of piperidine rings is 1. The molecule has 1 aromatic rings. The van der Waals surface area contributed by atoms with Gasteiger partial charge in [0.25, 0.3) is 0 Å². The Morgan fingerprint density at radius 3 is 2.58 bits per heavy atom. The SMILES string of the molecule is COc1ccc(C2(CO)CCCN(C)C2)cc1OC. The molecule has 0 aromatic heterocycles. The van der Waals surface area contributed by atoms with E-state index in [0.717, 1.165) is 43.0 Å². The fourth-order valence-corrected chi connectivity index (χ4v) is 2.98. The van der Waals surface area contributed by atoms with Crippen LogP contribution in [-0.2, 0) is 5.41 Å². The summed E-state index contributed by atoms with van der Waals surface area (Å²) in [6.45, 7) is 2.13. The van der Waals surface area contributed by atoms with E-state index in [2.05, 4.69) is 11.9 Å². The van der Waals surface area contributed by atoms with Gasteiger partial charge in [0.05, 0.1) is 20.8 Å². The lowest BCUT2D eigenvalue weighted by Gasteiger charge is -2.41. The molecule has 1 unspecified atom stereocenters. The van der Waals surface area contributed by atoms with Gasteiger partial charge in [-0.2, -0.15) is 0 Å². The van der Waals surface area contributed by atoms with Gasteiger partial charge in [0.2, 0.25) is 0 Å². The van der Waals surface area contributed by atoms with Crippen LogP contribution in [-0.4, -0.2) is 51.0 Å². The summed E-state index contributed by atoms with van der Waals surface area (Å²) in [5.41, 5.74) is 0.936. The van der Waals surface area contributed by atoms with Crippen LogP contribution in [0.25, 0.3) is 0 Å². The van der Waals surface area contributed by atoms with Gasteiger partial charge in [-0.3, -0.25) is 0 Å². The van der Waals surface area contributed by atoms with Crippen molar-refractivity contribution in [3.63, 3.8) is 0 Å². The number of likely N-dealkylation sites (tertiary alicyclic amines) is 1. The van der Waals surface area contributed by atoms with E-state index < -0.39 is 0 Å². The van der Waals surface area contributed by atoms with Crippen LogP contribution in [0.5, 0.6) is 11.5 Å². The van der Waals surface area contributed by atoms with E-state index in [1.165, 1.54) is 0 Å². The van der Waals surface area contributed by atoms with E-state index in [9.17, 15) is 5.11 Å². The van der Waals surface area contributed by atoms with Crippen molar-refractivity contribution in [3.05, 3.63) is 23.8 Å². The second-order valence-electron chi connectivity index (χ2n) is 5.35. The maximum absolute atomic E-state index is 9.90. The van der Waals surface area contributed by atoms with Crippen molar-refractivity contribution in [1.29, 1.82) is 0 Å². The molecule has 0 amide bonds. The zero-order valence-corrected chi connectivity index (χ0v) is 12.0. The molecular formula is C15H23NO3. The molecule has 1 heterocycles. The molecule has 1 fully saturated rings. The average molecular weight is 265 g/mol. The summed E-state index contributed by atoms with van der Waals surface area (Å²) in [6.07, 6.45) is 2.11. The summed E-state index contributed by atoms with van der Waals surface area (Å²) in [5, 5.41) is 9.90. The third kappa shape index (κ3) is 2.69. The molecule has 106 valence electrons. The molecule has 1 aliphatic heterocycles. The normalized spacial score (nSPS) is 24.2. The van der Waals surface area contributed by atoms with Crippen LogP contribution in [0.15, 0.2) is 18.2 Å². The van der Waals surface area contributed by atoms with Crippen LogP contribution in [0.2, 0.25) is 0 Å². The zero-order chi connectivity index (χ0) is 13.9. The number of rotatable bonds is 4. The minimum atomic E-state index is -0.188. The Bertz CT molecular complexity index is 435. The lowest BCUT2D eigenvalue weighted by molar-refractivity contribution is 0.104. The van der Waals surface area contributed by atoms with Crippen LogP contribution in [0, 0.1) is 0 Å². The standard InChI is InChI=1S/C15H23NO3/c1-16-8-4-7-15(10-16,11-17)12-5-6-13(18-2)14(9-12)19-3/h5-6,9,17H,4,7-8,10-11H2,1-3H3. The van der Waals surface area contributed by atoms with Crippen LogP contribution >= 0.6 is 0 Å². The third-order valence-corrected chi connectivity index (χ3v) is 4.07. The number of hydrogen-bond acceptors (Lipinski definition) is 4. The minimum absolute atomic E-state index is 0.160. The third-order valence-electron chi connectivity index (χ3n) is 4.07. The number of benzene rings is 1. The molecule has 1 saturated heterocycles. The Labute approximate surface area is 114 Å². The van der Waals surface area contributed by atoms with E-state index in [1.54, 1.807) is 14.2 Å². The van der Waals surface area contributed by atoms with Crippen LogP contribution in [0.3, 0.4) is 0 Å². The van der Waals surface area contributed by atoms with Crippen molar-refractivity contribution < 1.29 is 14.6 Å². The minimum Gasteiger partial charge on any atom is -0.493 e. The van der Waals surface area contributed by atoms with Gasteiger partial charge < -0.3 is 19.5 Å². The molecule has 0 radical (unpaired) electrons. The number of methoxy groups -OCH3 is 2. The summed E-state index contributed by atoms with van der Waals surface area (Å²) < 4.78 is 10.6. The van der Waals surface area contributed by atoms with E-state index in [4.69, 9.17) is 9.47 Å². The highest BCUT2D eigenvalue weighted by atomic mass is 16.5. The first kappa shape index (κ1) is 14.2. The fourth-order valence-electron chi connectivity index (χ4n) is 2.98. The molecule has 0 aliphatic carbocycles. The van der Waals surface area contributed by atoms with Crippen molar-refractivity contribution >= 4 is 0 Å². The number of ether oxygens (including phenoxy) is 2. The van der Waals surface area contributed by atoms with Gasteiger partial charge in [0.15, 0.2) is 11.5 Å². The maximum Gasteiger partial charge on any atom is 0.161 e. The number of hydrogen-bond donors (Lipinski definition) is 1. The van der Waals surface area contributed by atoms with Gasteiger partial charge in [-0.25, -0.2) is 0 Å². The Balaban J connectivity index is 2.37. The van der Waals surface area contributed by atoms with Gasteiger partial charge >= 0.3 is 0 Å². The molecule has 0 saturated carbocycles. The van der Waals surface area contributed by atoms with E-state index in [0.29, 0.717) is 0 Å². The molecule has 0 spiro atoms. The Morgan fingerprint density at radius 2 is 2.00 bits per heavy atom. The van der Waals surface area contributed by atoms with Gasteiger partial charge in [-0.1, -0.05) is 6.07 Å². The predicted molar refractivity (Wildman–Crippen MR) is 75.0 cm³/mol. The Hall–Kier alpha value is -1.26. The number of nitrogens with zero attached hydrogens (tertiary/aromatic N) is 1. The molecule has 2 rings (SSSR count). The molecule has 1 atom stereocenters. The Kier molecular flexibility index (Phi) is 4.32. The largest absolute Gasteiger partial charge is 0.493 e. The van der Waals surface area contributed by atoms with Crippen molar-refractivity contribution in [2.24, 2.45) is 0 Å². The number of likely N-dealkylation sites (N-methyl/N-ethyl adjacent to an activating group) is 1. The van der Waals surface area contributed by atoms with Gasteiger partial charge in [0, 0.05) is 12.0 Å². The second-order valence-corrected chi connectivity index (χ2v) is 5.35. The lowest BCUT2D eigenvalue weighted by Crippen LogP contribution is -2.46. The summed E-state index contributed by atoms with van der Waals surface area (Å²) in [6, 6.07) is 5.95. The summed E-state index contributed by atoms with van der Waals surface area (Å²) >= 11 is 0. The van der Waals surface area contributed by atoms with Crippen LogP contribution in [0.1, 0.15) is 18.4 Å². The summed E-state index contributed by atoms with van der Waals surface area (Å²) in [7, 11) is 5.37. The molecule has 1 N–H and O–H groups in total. The van der Waals surface area contributed by atoms with Crippen molar-refractivity contribution in [3.8, 4) is 11.5 Å². The molecule has 19 heavy (non-hydrogen) atoms.